The van der Waals surface area contributed by atoms with Crippen LogP contribution in [0.25, 0.3) is 0 Å². The van der Waals surface area contributed by atoms with Crippen molar-refractivity contribution in [1.29, 1.82) is 0 Å². The summed E-state index contributed by atoms with van der Waals surface area (Å²) in [4.78, 5) is 52.1. The molecule has 1 fully saturated rings. The largest absolute Gasteiger partial charge is 0.457 e. The lowest BCUT2D eigenvalue weighted by Gasteiger charge is -2.26. The van der Waals surface area contributed by atoms with Crippen LogP contribution in [-0.2, 0) is 19.7 Å². The van der Waals surface area contributed by atoms with Crippen molar-refractivity contribution in [2.45, 2.75) is 25.7 Å². The third-order valence-corrected chi connectivity index (χ3v) is 8.66. The Labute approximate surface area is 284 Å². The first kappa shape index (κ1) is 32.9. The number of carbonyl (C=O) groups excluding carboxylic acids is 4. The number of anilines is 1. The molecule has 0 saturated carbocycles. The summed E-state index contributed by atoms with van der Waals surface area (Å²) >= 11 is 0. The molecule has 1 heterocycles. The number of esters is 2. The lowest BCUT2D eigenvalue weighted by Crippen LogP contribution is -2.27. The van der Waals surface area contributed by atoms with Gasteiger partial charge in [0, 0.05) is 29.6 Å². The maximum Gasteiger partial charge on any atom is 0.343 e. The molecule has 5 aromatic rings. The Morgan fingerprint density at radius 2 is 1.22 bits per heavy atom. The molecule has 1 saturated heterocycles. The minimum atomic E-state index is -0.699. The highest BCUT2D eigenvalue weighted by molar-refractivity contribution is 6.01. The van der Waals surface area contributed by atoms with E-state index in [4.69, 9.17) is 14.2 Å². The van der Waals surface area contributed by atoms with Gasteiger partial charge in [0.05, 0.1) is 11.5 Å². The summed E-state index contributed by atoms with van der Waals surface area (Å²) in [6.45, 7) is 4.06. The van der Waals surface area contributed by atoms with Crippen molar-refractivity contribution < 1.29 is 33.4 Å². The standard InChI is InChI=1S/C41H35NO7/c1-41(2,31-11-7-4-8-12-31)32-15-21-34(22-16-32)48-35-23-17-33(18-24-35)42-26-30(25-38(42)44)39(45)47-27-37(43)28-13-19-36(20-14-28)49-40(46)29-9-5-3-6-10-29/h3-24,30H,25-27H2,1-2H3/t30-/m0/s1. The molecule has 246 valence electrons. The number of hydrogen-bond acceptors (Lipinski definition) is 7. The molecule has 0 radical (unpaired) electrons. The van der Waals surface area contributed by atoms with Gasteiger partial charge in [0.1, 0.15) is 17.2 Å². The zero-order valence-corrected chi connectivity index (χ0v) is 27.2. The Kier molecular flexibility index (Phi) is 9.67. The molecular weight excluding hydrogens is 618 g/mol. The van der Waals surface area contributed by atoms with Crippen LogP contribution in [0.1, 0.15) is 52.1 Å². The van der Waals surface area contributed by atoms with E-state index in [9.17, 15) is 19.2 Å². The van der Waals surface area contributed by atoms with Crippen LogP contribution in [0.4, 0.5) is 5.69 Å². The molecule has 49 heavy (non-hydrogen) atoms. The van der Waals surface area contributed by atoms with E-state index in [0.717, 1.165) is 0 Å². The minimum absolute atomic E-state index is 0.0154. The van der Waals surface area contributed by atoms with E-state index in [-0.39, 0.29) is 30.0 Å². The van der Waals surface area contributed by atoms with Crippen molar-refractivity contribution in [2.75, 3.05) is 18.1 Å². The average Bonchev–Trinajstić information content (AvgIpc) is 3.53. The maximum atomic E-state index is 12.8. The molecule has 6 rings (SSSR count). The van der Waals surface area contributed by atoms with Gasteiger partial charge in [-0.1, -0.05) is 74.5 Å². The highest BCUT2D eigenvalue weighted by Crippen LogP contribution is 2.34. The summed E-state index contributed by atoms with van der Waals surface area (Å²) in [5.41, 5.74) is 3.59. The number of benzene rings is 5. The molecule has 0 aliphatic carbocycles. The van der Waals surface area contributed by atoms with Crippen LogP contribution < -0.4 is 14.4 Å². The smallest absolute Gasteiger partial charge is 0.343 e. The highest BCUT2D eigenvalue weighted by Gasteiger charge is 2.36. The van der Waals surface area contributed by atoms with Crippen LogP contribution >= 0.6 is 0 Å². The van der Waals surface area contributed by atoms with E-state index in [1.807, 2.05) is 30.3 Å². The molecule has 0 N–H and O–H groups in total. The predicted molar refractivity (Wildman–Crippen MR) is 185 cm³/mol. The Morgan fingerprint density at radius 1 is 0.673 bits per heavy atom. The second kappa shape index (κ2) is 14.4. The number of rotatable bonds is 11. The van der Waals surface area contributed by atoms with E-state index in [2.05, 4.69) is 38.1 Å². The van der Waals surface area contributed by atoms with Crippen LogP contribution in [0.3, 0.4) is 0 Å². The predicted octanol–water partition coefficient (Wildman–Crippen LogP) is 7.80. The number of Topliss-reactive ketones (excluding diaryl/α,β-unsaturated/α-hetero) is 1. The fourth-order valence-corrected chi connectivity index (χ4v) is 5.69. The second-order valence-corrected chi connectivity index (χ2v) is 12.3. The molecule has 8 nitrogen and oxygen atoms in total. The molecule has 0 spiro atoms. The highest BCUT2D eigenvalue weighted by atomic mass is 16.5. The lowest BCUT2D eigenvalue weighted by atomic mass is 9.78. The molecule has 1 aliphatic heterocycles. The van der Waals surface area contributed by atoms with Crippen LogP contribution in [-0.4, -0.2) is 36.8 Å². The average molecular weight is 654 g/mol. The minimum Gasteiger partial charge on any atom is -0.457 e. The Morgan fingerprint density at radius 3 is 1.86 bits per heavy atom. The van der Waals surface area contributed by atoms with Crippen molar-refractivity contribution in [3.63, 3.8) is 0 Å². The lowest BCUT2D eigenvalue weighted by molar-refractivity contribution is -0.147. The van der Waals surface area contributed by atoms with Gasteiger partial charge in [-0.3, -0.25) is 14.4 Å². The molecule has 1 atom stereocenters. The van der Waals surface area contributed by atoms with Gasteiger partial charge < -0.3 is 19.1 Å². The SMILES string of the molecule is CC(C)(c1ccccc1)c1ccc(Oc2ccc(N3C[C@@H](C(=O)OCC(=O)c4ccc(OC(=O)c5ccccc5)cc4)CC3=O)cc2)cc1. The summed E-state index contributed by atoms with van der Waals surface area (Å²) in [5.74, 6) is -0.864. The first-order valence-electron chi connectivity index (χ1n) is 16.0. The van der Waals surface area contributed by atoms with Crippen molar-refractivity contribution >= 4 is 29.3 Å². The topological polar surface area (TPSA) is 99.2 Å². The third kappa shape index (κ3) is 7.76. The van der Waals surface area contributed by atoms with Crippen LogP contribution in [0.15, 0.2) is 133 Å². The number of hydrogen-bond donors (Lipinski definition) is 0. The number of nitrogens with zero attached hydrogens (tertiary/aromatic N) is 1. The molecule has 0 aromatic heterocycles. The van der Waals surface area contributed by atoms with Crippen LogP contribution in [0, 0.1) is 5.92 Å². The molecule has 0 bridgehead atoms. The molecule has 1 aliphatic rings. The van der Waals surface area contributed by atoms with Gasteiger partial charge in [-0.2, -0.15) is 0 Å². The van der Waals surface area contributed by atoms with E-state index >= 15 is 0 Å². The van der Waals surface area contributed by atoms with E-state index in [1.54, 1.807) is 54.6 Å². The van der Waals surface area contributed by atoms with Gasteiger partial charge in [0.15, 0.2) is 12.4 Å². The molecule has 0 unspecified atom stereocenters. The summed E-state index contributed by atoms with van der Waals surface area (Å²) in [6.07, 6.45) is -0.0154. The van der Waals surface area contributed by atoms with Gasteiger partial charge in [0.2, 0.25) is 5.91 Å². The van der Waals surface area contributed by atoms with Crippen molar-refractivity contribution in [3.8, 4) is 17.2 Å². The number of amides is 1. The molecule has 1 amide bonds. The molecular formula is C41H35NO7. The van der Waals surface area contributed by atoms with Gasteiger partial charge in [0.25, 0.3) is 0 Å². The van der Waals surface area contributed by atoms with Gasteiger partial charge >= 0.3 is 11.9 Å². The van der Waals surface area contributed by atoms with Gasteiger partial charge in [-0.05, 0) is 83.9 Å². The number of carbonyl (C=O) groups is 4. The van der Waals surface area contributed by atoms with Crippen molar-refractivity contribution in [3.05, 3.63) is 156 Å². The van der Waals surface area contributed by atoms with E-state index < -0.39 is 30.2 Å². The zero-order chi connectivity index (χ0) is 34.4. The first-order chi connectivity index (χ1) is 23.7. The molecule has 5 aromatic carbocycles. The first-order valence-corrected chi connectivity index (χ1v) is 16.0. The Balaban J connectivity index is 0.985. The van der Waals surface area contributed by atoms with Crippen LogP contribution in [0.5, 0.6) is 17.2 Å². The maximum absolute atomic E-state index is 12.8. The number of ether oxygens (including phenoxy) is 3. The van der Waals surface area contributed by atoms with Gasteiger partial charge in [-0.25, -0.2) is 4.79 Å². The summed E-state index contributed by atoms with van der Waals surface area (Å²) in [7, 11) is 0. The van der Waals surface area contributed by atoms with Crippen LogP contribution in [0.2, 0.25) is 0 Å². The quantitative estimate of drug-likeness (QED) is 0.0815. The normalized spacial score (nSPS) is 14.3. The zero-order valence-electron chi connectivity index (χ0n) is 27.2. The monoisotopic (exact) mass is 653 g/mol. The summed E-state index contributed by atoms with van der Waals surface area (Å²) in [5, 5.41) is 0. The van der Waals surface area contributed by atoms with Gasteiger partial charge in [-0.15, -0.1) is 0 Å². The van der Waals surface area contributed by atoms with E-state index in [0.29, 0.717) is 28.3 Å². The number of ketones is 1. The third-order valence-electron chi connectivity index (χ3n) is 8.66. The second-order valence-electron chi connectivity index (χ2n) is 12.3. The fourth-order valence-electron chi connectivity index (χ4n) is 5.69. The van der Waals surface area contributed by atoms with Crippen molar-refractivity contribution in [1.82, 2.24) is 0 Å². The van der Waals surface area contributed by atoms with E-state index in [1.165, 1.54) is 40.3 Å². The Hall–Kier alpha value is -6.02. The summed E-state index contributed by atoms with van der Waals surface area (Å²) in [6, 6.07) is 40.0. The Bertz CT molecular complexity index is 1940. The summed E-state index contributed by atoms with van der Waals surface area (Å²) < 4.78 is 16.7. The van der Waals surface area contributed by atoms with Crippen molar-refractivity contribution in [2.24, 2.45) is 5.92 Å². The molecule has 8 heteroatoms. The fraction of sp³-hybridized carbons (Fsp3) is 0.171.